The molecule has 0 saturated carbocycles. The molecule has 1 saturated heterocycles. The first-order valence-corrected chi connectivity index (χ1v) is 10.7. The lowest BCUT2D eigenvalue weighted by Crippen LogP contribution is -2.35. The van der Waals surface area contributed by atoms with E-state index in [0.29, 0.717) is 49.8 Å². The van der Waals surface area contributed by atoms with E-state index in [-0.39, 0.29) is 6.04 Å². The molecule has 2 atom stereocenters. The molecule has 8 nitrogen and oxygen atoms in total. The molecule has 0 aromatic carbocycles. The summed E-state index contributed by atoms with van der Waals surface area (Å²) in [6.45, 7) is 3.63. The zero-order valence-electron chi connectivity index (χ0n) is 17.6. The normalized spacial score (nSPS) is 20.3. The Morgan fingerprint density at radius 1 is 1.19 bits per heavy atom. The summed E-state index contributed by atoms with van der Waals surface area (Å²) < 4.78 is 14.4. The number of carboxylic acid groups (broad SMARTS) is 1. The maximum absolute atomic E-state index is 14.4. The minimum absolute atomic E-state index is 0.0796. The van der Waals surface area contributed by atoms with Gasteiger partial charge in [0.1, 0.15) is 11.5 Å². The quantitative estimate of drug-likeness (QED) is 0.626. The number of aliphatic carboxylic acids is 1. The van der Waals surface area contributed by atoms with Crippen LogP contribution in [-0.2, 0) is 11.2 Å². The molecule has 164 valence electrons. The number of hydrogen-bond donors (Lipinski definition) is 1. The summed E-state index contributed by atoms with van der Waals surface area (Å²) >= 11 is 0. The van der Waals surface area contributed by atoms with E-state index in [1.807, 2.05) is 47.2 Å². The van der Waals surface area contributed by atoms with Crippen LogP contribution in [0.3, 0.4) is 0 Å². The topological polar surface area (TPSA) is 95.3 Å². The van der Waals surface area contributed by atoms with Crippen molar-refractivity contribution in [3.8, 4) is 11.5 Å². The largest absolute Gasteiger partial charge is 0.481 e. The highest BCUT2D eigenvalue weighted by Gasteiger charge is 2.31. The Morgan fingerprint density at radius 3 is 2.81 bits per heavy atom. The second-order valence-corrected chi connectivity index (χ2v) is 8.21. The molecule has 2 aliphatic heterocycles. The molecule has 1 fully saturated rings. The van der Waals surface area contributed by atoms with Gasteiger partial charge in [-0.15, -0.1) is 0 Å². The molecule has 1 N–H and O–H groups in total. The third-order valence-corrected chi connectivity index (χ3v) is 6.26. The van der Waals surface area contributed by atoms with Crippen LogP contribution in [0.2, 0.25) is 0 Å². The monoisotopic (exact) mass is 434 g/mol. The molecule has 2 unspecified atom stereocenters. The van der Waals surface area contributed by atoms with Crippen molar-refractivity contribution in [2.75, 3.05) is 29.4 Å². The predicted molar refractivity (Wildman–Crippen MR) is 117 cm³/mol. The van der Waals surface area contributed by atoms with Crippen LogP contribution in [0.15, 0.2) is 42.7 Å². The summed E-state index contributed by atoms with van der Waals surface area (Å²) in [5.74, 6) is -0.686. The van der Waals surface area contributed by atoms with Crippen LogP contribution in [-0.4, -0.2) is 50.6 Å². The molecule has 3 aromatic rings. The fourth-order valence-corrected chi connectivity index (χ4v) is 4.49. The van der Waals surface area contributed by atoms with E-state index >= 15 is 0 Å². The first-order valence-electron chi connectivity index (χ1n) is 10.7. The lowest BCUT2D eigenvalue weighted by Gasteiger charge is -2.36. The van der Waals surface area contributed by atoms with Gasteiger partial charge in [-0.3, -0.25) is 9.78 Å². The van der Waals surface area contributed by atoms with Gasteiger partial charge in [0.2, 0.25) is 5.95 Å². The van der Waals surface area contributed by atoms with E-state index in [0.717, 1.165) is 17.0 Å². The summed E-state index contributed by atoms with van der Waals surface area (Å²) in [5, 5.41) is 9.27. The molecular weight excluding hydrogens is 411 g/mol. The van der Waals surface area contributed by atoms with Crippen LogP contribution >= 0.6 is 0 Å². The van der Waals surface area contributed by atoms with Crippen molar-refractivity contribution in [2.45, 2.75) is 25.8 Å². The Bertz CT molecular complexity index is 1160. The van der Waals surface area contributed by atoms with Crippen LogP contribution < -0.4 is 9.80 Å². The van der Waals surface area contributed by atoms with Gasteiger partial charge in [0.05, 0.1) is 17.7 Å². The van der Waals surface area contributed by atoms with Crippen LogP contribution in [0.25, 0.3) is 11.5 Å². The molecule has 5 rings (SSSR count). The Morgan fingerprint density at radius 2 is 2.06 bits per heavy atom. The van der Waals surface area contributed by atoms with E-state index < -0.39 is 17.8 Å². The van der Waals surface area contributed by atoms with Gasteiger partial charge in [-0.25, -0.2) is 15.0 Å². The van der Waals surface area contributed by atoms with Crippen LogP contribution in [0.4, 0.5) is 15.9 Å². The summed E-state index contributed by atoms with van der Waals surface area (Å²) in [6, 6.07) is 8.78. The van der Waals surface area contributed by atoms with Crippen molar-refractivity contribution in [3.05, 3.63) is 59.9 Å². The van der Waals surface area contributed by atoms with E-state index in [1.165, 1.54) is 6.07 Å². The molecule has 0 radical (unpaired) electrons. The number of halogens is 1. The summed E-state index contributed by atoms with van der Waals surface area (Å²) in [5.41, 5.74) is 3.34. The van der Waals surface area contributed by atoms with Crippen molar-refractivity contribution in [3.63, 3.8) is 0 Å². The van der Waals surface area contributed by atoms with Gasteiger partial charge in [-0.05, 0) is 25.5 Å². The standard InChI is InChI=1S/C23H23FN6O2/c1-14-17-12-26-22(19-4-2-3-7-25-19)27-18(17)6-9-30(14)21-11-16(10-20(24)28-21)29-8-5-15(13-29)23(31)32/h2-4,7,10-12,14-15H,5-6,8-9,13H2,1H3,(H,31,32). The van der Waals surface area contributed by atoms with Gasteiger partial charge in [-0.2, -0.15) is 4.39 Å². The van der Waals surface area contributed by atoms with E-state index in [2.05, 4.69) is 15.0 Å². The first-order chi connectivity index (χ1) is 15.5. The lowest BCUT2D eigenvalue weighted by molar-refractivity contribution is -0.140. The Hall–Kier alpha value is -3.62. The SMILES string of the molecule is CC1c2cnc(-c3ccccn3)nc2CCN1c1cc(N2CCC(C(=O)O)C2)cc(F)n1. The number of pyridine rings is 2. The fourth-order valence-electron chi connectivity index (χ4n) is 4.49. The van der Waals surface area contributed by atoms with E-state index in [1.54, 1.807) is 6.20 Å². The zero-order chi connectivity index (χ0) is 22.2. The molecule has 3 aromatic heterocycles. The average Bonchev–Trinajstić information content (AvgIpc) is 3.30. The molecule has 0 amide bonds. The smallest absolute Gasteiger partial charge is 0.308 e. The number of hydrogen-bond acceptors (Lipinski definition) is 7. The number of carbonyl (C=O) groups is 1. The second kappa shape index (κ2) is 8.14. The highest BCUT2D eigenvalue weighted by Crippen LogP contribution is 2.35. The number of anilines is 2. The number of aromatic nitrogens is 4. The van der Waals surface area contributed by atoms with Crippen LogP contribution in [0.1, 0.15) is 30.6 Å². The molecular formula is C23H23FN6O2. The van der Waals surface area contributed by atoms with E-state index in [9.17, 15) is 14.3 Å². The summed E-state index contributed by atoms with van der Waals surface area (Å²) in [6.07, 6.45) is 4.77. The van der Waals surface area contributed by atoms with Gasteiger partial charge in [0, 0.05) is 61.8 Å². The van der Waals surface area contributed by atoms with Crippen molar-refractivity contribution in [1.29, 1.82) is 0 Å². The van der Waals surface area contributed by atoms with Crippen molar-refractivity contribution in [2.24, 2.45) is 5.92 Å². The van der Waals surface area contributed by atoms with Crippen LogP contribution in [0.5, 0.6) is 0 Å². The lowest BCUT2D eigenvalue weighted by atomic mass is 9.99. The predicted octanol–water partition coefficient (Wildman–Crippen LogP) is 3.11. The third kappa shape index (κ3) is 3.74. The highest BCUT2D eigenvalue weighted by atomic mass is 19.1. The molecule has 0 bridgehead atoms. The number of nitrogens with zero attached hydrogens (tertiary/aromatic N) is 6. The molecule has 9 heteroatoms. The van der Waals surface area contributed by atoms with Crippen molar-refractivity contribution >= 4 is 17.5 Å². The van der Waals surface area contributed by atoms with Crippen molar-refractivity contribution < 1.29 is 14.3 Å². The van der Waals surface area contributed by atoms with Crippen molar-refractivity contribution in [1.82, 2.24) is 19.9 Å². The summed E-state index contributed by atoms with van der Waals surface area (Å²) in [7, 11) is 0. The van der Waals surface area contributed by atoms with Crippen LogP contribution in [0, 0.1) is 11.9 Å². The minimum Gasteiger partial charge on any atom is -0.481 e. The zero-order valence-corrected chi connectivity index (χ0v) is 17.6. The number of fused-ring (bicyclic) bond motifs is 1. The Balaban J connectivity index is 1.41. The maximum atomic E-state index is 14.4. The molecule has 2 aliphatic rings. The Kier molecular flexibility index (Phi) is 5.16. The van der Waals surface area contributed by atoms with Gasteiger partial charge in [-0.1, -0.05) is 6.07 Å². The van der Waals surface area contributed by atoms with Gasteiger partial charge < -0.3 is 14.9 Å². The third-order valence-electron chi connectivity index (χ3n) is 6.26. The maximum Gasteiger partial charge on any atom is 0.308 e. The highest BCUT2D eigenvalue weighted by molar-refractivity contribution is 5.72. The summed E-state index contributed by atoms with van der Waals surface area (Å²) in [4.78, 5) is 32.9. The number of rotatable bonds is 4. The second-order valence-electron chi connectivity index (χ2n) is 8.21. The average molecular weight is 434 g/mol. The molecule has 32 heavy (non-hydrogen) atoms. The Labute approximate surface area is 184 Å². The molecule has 0 spiro atoms. The number of carboxylic acids is 1. The van der Waals surface area contributed by atoms with Gasteiger partial charge in [0.25, 0.3) is 0 Å². The molecule has 0 aliphatic carbocycles. The van der Waals surface area contributed by atoms with Gasteiger partial charge >= 0.3 is 5.97 Å². The fraction of sp³-hybridized carbons (Fsp3) is 0.348. The van der Waals surface area contributed by atoms with E-state index in [4.69, 9.17) is 4.98 Å². The first kappa shape index (κ1) is 20.3. The van der Waals surface area contributed by atoms with Gasteiger partial charge in [0.15, 0.2) is 5.82 Å². The minimum atomic E-state index is -0.811. The molecule has 5 heterocycles.